The topological polar surface area (TPSA) is 3.01 Å². The fourth-order valence-corrected chi connectivity index (χ4v) is 1.38. The molecule has 58 valence electrons. The number of benzene rings is 1. The van der Waals surface area contributed by atoms with Crippen molar-refractivity contribution in [3.05, 3.63) is 35.9 Å². The van der Waals surface area contributed by atoms with Crippen LogP contribution in [-0.2, 0) is 0 Å². The minimum absolute atomic E-state index is 0.0104. The summed E-state index contributed by atoms with van der Waals surface area (Å²) in [6, 6.07) is 9.82. The third-order valence-corrected chi connectivity index (χ3v) is 2.16. The van der Waals surface area contributed by atoms with Crippen molar-refractivity contribution in [1.29, 1.82) is 0 Å². The van der Waals surface area contributed by atoms with Gasteiger partial charge < -0.3 is 0 Å². The Morgan fingerprint density at radius 1 is 1.27 bits per heavy atom. The van der Waals surface area contributed by atoms with Crippen molar-refractivity contribution < 1.29 is 4.48 Å². The molecule has 2 rings (SSSR count). The standard InChI is InChI=1S/C9H10FN/c1-7-9(11(7)10)8-5-3-2-4-6-8/h2-7,9H,1H3. The van der Waals surface area contributed by atoms with Gasteiger partial charge in [0.05, 0.1) is 12.1 Å². The van der Waals surface area contributed by atoms with Crippen molar-refractivity contribution >= 4 is 0 Å². The molecule has 0 aliphatic carbocycles. The molecule has 0 aromatic heterocycles. The van der Waals surface area contributed by atoms with Crippen molar-refractivity contribution in [3.8, 4) is 0 Å². The van der Waals surface area contributed by atoms with Gasteiger partial charge in [-0.3, -0.25) is 0 Å². The van der Waals surface area contributed by atoms with E-state index in [1.165, 1.54) is 0 Å². The zero-order chi connectivity index (χ0) is 7.84. The highest BCUT2D eigenvalue weighted by molar-refractivity contribution is 5.24. The van der Waals surface area contributed by atoms with Crippen LogP contribution in [0.5, 0.6) is 0 Å². The number of nitrogens with zero attached hydrogens (tertiary/aromatic N) is 1. The van der Waals surface area contributed by atoms with E-state index in [1.807, 2.05) is 37.3 Å². The largest absolute Gasteiger partial charge is 0.134 e. The van der Waals surface area contributed by atoms with Crippen molar-refractivity contribution in [3.63, 3.8) is 0 Å². The van der Waals surface area contributed by atoms with Crippen LogP contribution in [0.3, 0.4) is 0 Å². The Kier molecular flexibility index (Phi) is 1.43. The summed E-state index contributed by atoms with van der Waals surface area (Å²) in [5.41, 5.74) is 1.07. The minimum atomic E-state index is 0.0104. The summed E-state index contributed by atoms with van der Waals surface area (Å²) in [6.07, 6.45) is 0. The second-order valence-corrected chi connectivity index (χ2v) is 2.94. The molecule has 2 heteroatoms. The summed E-state index contributed by atoms with van der Waals surface area (Å²) < 4.78 is 12.7. The molecule has 1 aliphatic heterocycles. The predicted molar refractivity (Wildman–Crippen MR) is 41.6 cm³/mol. The second kappa shape index (κ2) is 2.31. The monoisotopic (exact) mass is 151 g/mol. The molecule has 0 N–H and O–H groups in total. The van der Waals surface area contributed by atoms with E-state index < -0.39 is 0 Å². The van der Waals surface area contributed by atoms with Crippen LogP contribution in [-0.4, -0.2) is 11.2 Å². The van der Waals surface area contributed by atoms with Crippen LogP contribution in [0.1, 0.15) is 18.5 Å². The summed E-state index contributed by atoms with van der Waals surface area (Å²) in [7, 11) is 0. The van der Waals surface area contributed by atoms with Crippen LogP contribution in [0.4, 0.5) is 4.48 Å². The SMILES string of the molecule is CC1C(c2ccccc2)N1F. The molecule has 0 bridgehead atoms. The molecular weight excluding hydrogens is 141 g/mol. The highest BCUT2D eigenvalue weighted by Gasteiger charge is 2.46. The number of hydrogen-bond acceptors (Lipinski definition) is 1. The molecule has 3 atom stereocenters. The molecule has 1 heterocycles. The Labute approximate surface area is 65.4 Å². The van der Waals surface area contributed by atoms with Gasteiger partial charge in [-0.15, -0.1) is 9.60 Å². The molecular formula is C9H10FN. The smallest absolute Gasteiger partial charge is 0.0834 e. The van der Waals surface area contributed by atoms with Gasteiger partial charge in [0.15, 0.2) is 0 Å². The van der Waals surface area contributed by atoms with Gasteiger partial charge in [-0.05, 0) is 12.5 Å². The lowest BCUT2D eigenvalue weighted by Crippen LogP contribution is -1.81. The number of rotatable bonds is 1. The van der Waals surface area contributed by atoms with Gasteiger partial charge in [-0.1, -0.05) is 30.3 Å². The summed E-state index contributed by atoms with van der Waals surface area (Å²) in [5.74, 6) is 0. The van der Waals surface area contributed by atoms with Crippen LogP contribution in [0.25, 0.3) is 0 Å². The highest BCUT2D eigenvalue weighted by atomic mass is 19.2. The van der Waals surface area contributed by atoms with Crippen molar-refractivity contribution in [2.75, 3.05) is 0 Å². The normalized spacial score (nSPS) is 35.3. The maximum Gasteiger partial charge on any atom is 0.0834 e. The Balaban J connectivity index is 2.20. The van der Waals surface area contributed by atoms with E-state index in [9.17, 15) is 4.48 Å². The van der Waals surface area contributed by atoms with Crippen LogP contribution in [0.2, 0.25) is 0 Å². The van der Waals surface area contributed by atoms with Crippen molar-refractivity contribution in [2.45, 2.75) is 19.0 Å². The van der Waals surface area contributed by atoms with Crippen molar-refractivity contribution in [1.82, 2.24) is 5.12 Å². The quantitative estimate of drug-likeness (QED) is 0.439. The van der Waals surface area contributed by atoms with Crippen LogP contribution >= 0.6 is 0 Å². The third kappa shape index (κ3) is 1.03. The first-order chi connectivity index (χ1) is 5.30. The molecule has 1 saturated heterocycles. The number of halogens is 1. The lowest BCUT2D eigenvalue weighted by Gasteiger charge is -1.93. The second-order valence-electron chi connectivity index (χ2n) is 2.94. The van der Waals surface area contributed by atoms with Gasteiger partial charge in [0.2, 0.25) is 0 Å². The molecule has 1 aromatic rings. The predicted octanol–water partition coefficient (Wildman–Crippen LogP) is 2.32. The molecule has 1 aromatic carbocycles. The van der Waals surface area contributed by atoms with E-state index in [4.69, 9.17) is 0 Å². The number of hydrogen-bond donors (Lipinski definition) is 0. The van der Waals surface area contributed by atoms with E-state index >= 15 is 0 Å². The van der Waals surface area contributed by atoms with Gasteiger partial charge in [0, 0.05) is 0 Å². The van der Waals surface area contributed by atoms with E-state index in [0.29, 0.717) is 0 Å². The van der Waals surface area contributed by atoms with Crippen LogP contribution in [0, 0.1) is 0 Å². The third-order valence-electron chi connectivity index (χ3n) is 2.16. The molecule has 0 amide bonds. The molecule has 11 heavy (non-hydrogen) atoms. The fourth-order valence-electron chi connectivity index (χ4n) is 1.38. The van der Waals surface area contributed by atoms with Crippen LogP contribution < -0.4 is 0 Å². The van der Waals surface area contributed by atoms with E-state index in [0.717, 1.165) is 10.7 Å². The highest BCUT2D eigenvalue weighted by Crippen LogP contribution is 2.42. The molecule has 3 unspecified atom stereocenters. The lowest BCUT2D eigenvalue weighted by molar-refractivity contribution is 0.152. The Morgan fingerprint density at radius 3 is 2.27 bits per heavy atom. The summed E-state index contributed by atoms with van der Waals surface area (Å²) in [5, 5.41) is 0.870. The maximum atomic E-state index is 12.7. The van der Waals surface area contributed by atoms with Gasteiger partial charge in [0.1, 0.15) is 0 Å². The molecule has 1 nitrogen and oxygen atoms in total. The van der Waals surface area contributed by atoms with Crippen LogP contribution in [0.15, 0.2) is 30.3 Å². The molecule has 1 fully saturated rings. The first-order valence-electron chi connectivity index (χ1n) is 3.80. The minimum Gasteiger partial charge on any atom is -0.134 e. The Bertz CT molecular complexity index is 239. The Hall–Kier alpha value is -0.890. The average molecular weight is 151 g/mol. The maximum absolute atomic E-state index is 12.7. The molecule has 0 spiro atoms. The zero-order valence-corrected chi connectivity index (χ0v) is 6.37. The molecule has 1 aliphatic rings. The lowest BCUT2D eigenvalue weighted by atomic mass is 10.1. The average Bonchev–Trinajstić information content (AvgIpc) is 2.62. The Morgan fingerprint density at radius 2 is 1.82 bits per heavy atom. The van der Waals surface area contributed by atoms with Gasteiger partial charge in [-0.25, -0.2) is 0 Å². The van der Waals surface area contributed by atoms with E-state index in [1.54, 1.807) is 0 Å². The zero-order valence-electron chi connectivity index (χ0n) is 6.37. The molecule has 0 radical (unpaired) electrons. The van der Waals surface area contributed by atoms with E-state index in [-0.39, 0.29) is 12.1 Å². The van der Waals surface area contributed by atoms with Crippen molar-refractivity contribution in [2.24, 2.45) is 0 Å². The fraction of sp³-hybridized carbons (Fsp3) is 0.333. The summed E-state index contributed by atoms with van der Waals surface area (Å²) >= 11 is 0. The summed E-state index contributed by atoms with van der Waals surface area (Å²) in [4.78, 5) is 0. The molecule has 0 saturated carbocycles. The first kappa shape index (κ1) is 6.80. The van der Waals surface area contributed by atoms with Gasteiger partial charge >= 0.3 is 0 Å². The van der Waals surface area contributed by atoms with Gasteiger partial charge in [-0.2, -0.15) is 0 Å². The summed E-state index contributed by atoms with van der Waals surface area (Å²) in [6.45, 7) is 1.89. The van der Waals surface area contributed by atoms with E-state index in [2.05, 4.69) is 0 Å². The first-order valence-corrected chi connectivity index (χ1v) is 3.80. The van der Waals surface area contributed by atoms with Gasteiger partial charge in [0.25, 0.3) is 0 Å².